The van der Waals surface area contributed by atoms with Gasteiger partial charge in [-0.3, -0.25) is 10.2 Å². The first kappa shape index (κ1) is 15.9. The van der Waals surface area contributed by atoms with E-state index in [2.05, 4.69) is 5.43 Å². The zero-order valence-corrected chi connectivity index (χ0v) is 13.9. The second-order valence-corrected chi connectivity index (χ2v) is 5.53. The molecular formula is C19H20N2O3. The summed E-state index contributed by atoms with van der Waals surface area (Å²) in [6.07, 6.45) is 2.04. The molecule has 1 heterocycles. The summed E-state index contributed by atoms with van der Waals surface area (Å²) in [4.78, 5) is 12.0. The van der Waals surface area contributed by atoms with Crippen LogP contribution >= 0.6 is 0 Å². The van der Waals surface area contributed by atoms with E-state index in [-0.39, 0.29) is 11.9 Å². The van der Waals surface area contributed by atoms with Crippen molar-refractivity contribution in [1.82, 2.24) is 10.4 Å². The van der Waals surface area contributed by atoms with Gasteiger partial charge in [-0.2, -0.15) is 0 Å². The monoisotopic (exact) mass is 324 g/mol. The highest BCUT2D eigenvalue weighted by atomic mass is 16.5. The van der Waals surface area contributed by atoms with Gasteiger partial charge in [-0.1, -0.05) is 24.3 Å². The van der Waals surface area contributed by atoms with Crippen LogP contribution in [-0.4, -0.2) is 25.1 Å². The first-order chi connectivity index (χ1) is 11.6. The molecule has 3 rings (SSSR count). The standard InChI is InChI=1S/C19H20N2O3/c1-13(22)21-19(14-7-9-16(23-2)10-8-14)12-18(20-21)15-5-4-6-17(11-15)24-3/h4-12,19-20H,1-3H3/t19-/m0/s1. The number of rotatable bonds is 4. The maximum absolute atomic E-state index is 12.0. The molecule has 0 bridgehead atoms. The summed E-state index contributed by atoms with van der Waals surface area (Å²) in [6.45, 7) is 1.55. The van der Waals surface area contributed by atoms with Crippen LogP contribution in [0, 0.1) is 0 Å². The maximum Gasteiger partial charge on any atom is 0.238 e. The summed E-state index contributed by atoms with van der Waals surface area (Å²) in [5.41, 5.74) is 6.05. The molecule has 124 valence electrons. The third kappa shape index (κ3) is 3.06. The van der Waals surface area contributed by atoms with Crippen molar-refractivity contribution >= 4 is 11.6 Å². The smallest absolute Gasteiger partial charge is 0.238 e. The van der Waals surface area contributed by atoms with Crippen molar-refractivity contribution in [3.63, 3.8) is 0 Å². The normalized spacial score (nSPS) is 16.4. The van der Waals surface area contributed by atoms with Crippen molar-refractivity contribution in [2.24, 2.45) is 0 Å². The average molecular weight is 324 g/mol. The van der Waals surface area contributed by atoms with E-state index in [1.165, 1.54) is 0 Å². The predicted octanol–water partition coefficient (Wildman–Crippen LogP) is 3.15. The number of carbonyl (C=O) groups excluding carboxylic acids is 1. The molecule has 0 aromatic heterocycles. The number of ether oxygens (including phenoxy) is 2. The van der Waals surface area contributed by atoms with Gasteiger partial charge in [0.25, 0.3) is 0 Å². The molecule has 2 aromatic carbocycles. The zero-order chi connectivity index (χ0) is 17.1. The Hall–Kier alpha value is -2.95. The van der Waals surface area contributed by atoms with Crippen LogP contribution < -0.4 is 14.9 Å². The fourth-order valence-corrected chi connectivity index (χ4v) is 2.74. The van der Waals surface area contributed by atoms with Crippen LogP contribution in [0.2, 0.25) is 0 Å². The first-order valence-electron chi connectivity index (χ1n) is 7.69. The summed E-state index contributed by atoms with van der Waals surface area (Å²) in [7, 11) is 3.27. The van der Waals surface area contributed by atoms with Crippen LogP contribution in [0.1, 0.15) is 24.1 Å². The third-order valence-corrected chi connectivity index (χ3v) is 4.02. The van der Waals surface area contributed by atoms with E-state index in [4.69, 9.17) is 9.47 Å². The Morgan fingerprint density at radius 1 is 1.04 bits per heavy atom. The second kappa shape index (κ2) is 6.66. The van der Waals surface area contributed by atoms with Crippen LogP contribution in [0.15, 0.2) is 54.6 Å². The predicted molar refractivity (Wildman–Crippen MR) is 92.4 cm³/mol. The number of methoxy groups -OCH3 is 2. The Morgan fingerprint density at radius 2 is 1.75 bits per heavy atom. The van der Waals surface area contributed by atoms with Gasteiger partial charge in [0, 0.05) is 12.5 Å². The summed E-state index contributed by atoms with van der Waals surface area (Å²) in [6, 6.07) is 15.3. The summed E-state index contributed by atoms with van der Waals surface area (Å²) in [5.74, 6) is 1.51. The van der Waals surface area contributed by atoms with Crippen LogP contribution in [0.25, 0.3) is 5.70 Å². The molecule has 0 radical (unpaired) electrons. The van der Waals surface area contributed by atoms with Gasteiger partial charge in [-0.25, -0.2) is 5.01 Å². The molecule has 0 fully saturated rings. The molecule has 1 aliphatic heterocycles. The minimum atomic E-state index is -0.172. The Balaban J connectivity index is 1.95. The van der Waals surface area contributed by atoms with Gasteiger partial charge in [0.15, 0.2) is 0 Å². The van der Waals surface area contributed by atoms with Gasteiger partial charge in [-0.15, -0.1) is 0 Å². The summed E-state index contributed by atoms with van der Waals surface area (Å²) in [5, 5.41) is 1.62. The van der Waals surface area contributed by atoms with E-state index < -0.39 is 0 Å². The van der Waals surface area contributed by atoms with E-state index in [0.29, 0.717) is 0 Å². The average Bonchev–Trinajstić information content (AvgIpc) is 3.07. The minimum absolute atomic E-state index is 0.0510. The number of nitrogens with one attached hydrogen (secondary N) is 1. The van der Waals surface area contributed by atoms with Gasteiger partial charge in [0.2, 0.25) is 5.91 Å². The molecule has 1 atom stereocenters. The lowest BCUT2D eigenvalue weighted by Gasteiger charge is -2.24. The SMILES string of the molecule is COc1ccc([C@@H]2C=C(c3cccc(OC)c3)NN2C(C)=O)cc1. The number of benzene rings is 2. The van der Waals surface area contributed by atoms with Crippen molar-refractivity contribution in [3.8, 4) is 11.5 Å². The van der Waals surface area contributed by atoms with Gasteiger partial charge in [-0.05, 0) is 35.9 Å². The molecule has 0 unspecified atom stereocenters. The minimum Gasteiger partial charge on any atom is -0.497 e. The van der Waals surface area contributed by atoms with Crippen molar-refractivity contribution in [3.05, 3.63) is 65.7 Å². The van der Waals surface area contributed by atoms with Crippen LogP contribution in [-0.2, 0) is 4.79 Å². The number of carbonyl (C=O) groups is 1. The van der Waals surface area contributed by atoms with Crippen LogP contribution in [0.3, 0.4) is 0 Å². The zero-order valence-electron chi connectivity index (χ0n) is 13.9. The van der Waals surface area contributed by atoms with Crippen molar-refractivity contribution < 1.29 is 14.3 Å². The van der Waals surface area contributed by atoms with Gasteiger partial charge < -0.3 is 9.47 Å². The van der Waals surface area contributed by atoms with Crippen molar-refractivity contribution in [1.29, 1.82) is 0 Å². The van der Waals surface area contributed by atoms with Crippen molar-refractivity contribution in [2.75, 3.05) is 14.2 Å². The quantitative estimate of drug-likeness (QED) is 0.939. The highest BCUT2D eigenvalue weighted by Gasteiger charge is 2.28. The van der Waals surface area contributed by atoms with Gasteiger partial charge in [0.05, 0.1) is 26.0 Å². The molecule has 0 saturated heterocycles. The molecule has 0 aliphatic carbocycles. The van der Waals surface area contributed by atoms with E-state index in [1.807, 2.05) is 54.6 Å². The van der Waals surface area contributed by atoms with Gasteiger partial charge >= 0.3 is 0 Å². The summed E-state index contributed by atoms with van der Waals surface area (Å²) < 4.78 is 10.5. The number of nitrogens with zero attached hydrogens (tertiary/aromatic N) is 1. The van der Waals surface area contributed by atoms with E-state index >= 15 is 0 Å². The van der Waals surface area contributed by atoms with E-state index in [9.17, 15) is 4.79 Å². The largest absolute Gasteiger partial charge is 0.497 e. The Labute approximate surface area is 141 Å². The fraction of sp³-hybridized carbons (Fsp3) is 0.211. The second-order valence-electron chi connectivity index (χ2n) is 5.53. The van der Waals surface area contributed by atoms with E-state index in [0.717, 1.165) is 28.3 Å². The molecule has 1 amide bonds. The topological polar surface area (TPSA) is 50.8 Å². The lowest BCUT2D eigenvalue weighted by atomic mass is 10.0. The lowest BCUT2D eigenvalue weighted by molar-refractivity contribution is -0.132. The van der Waals surface area contributed by atoms with Gasteiger partial charge in [0.1, 0.15) is 11.5 Å². The number of hydrogen-bond acceptors (Lipinski definition) is 4. The maximum atomic E-state index is 12.0. The summed E-state index contributed by atoms with van der Waals surface area (Å²) >= 11 is 0. The molecule has 5 nitrogen and oxygen atoms in total. The molecule has 1 N–H and O–H groups in total. The molecule has 2 aromatic rings. The molecular weight excluding hydrogens is 304 g/mol. The van der Waals surface area contributed by atoms with Crippen LogP contribution in [0.4, 0.5) is 0 Å². The lowest BCUT2D eigenvalue weighted by Crippen LogP contribution is -2.37. The third-order valence-electron chi connectivity index (χ3n) is 4.02. The van der Waals surface area contributed by atoms with E-state index in [1.54, 1.807) is 26.2 Å². The fourth-order valence-electron chi connectivity index (χ4n) is 2.74. The Morgan fingerprint density at radius 3 is 2.38 bits per heavy atom. The number of hydrazine groups is 1. The van der Waals surface area contributed by atoms with Crippen LogP contribution in [0.5, 0.6) is 11.5 Å². The first-order valence-corrected chi connectivity index (χ1v) is 7.69. The highest BCUT2D eigenvalue weighted by molar-refractivity contribution is 5.79. The molecule has 24 heavy (non-hydrogen) atoms. The Bertz CT molecular complexity index is 768. The number of amides is 1. The highest BCUT2D eigenvalue weighted by Crippen LogP contribution is 2.32. The van der Waals surface area contributed by atoms with Crippen molar-refractivity contribution in [2.45, 2.75) is 13.0 Å². The molecule has 1 aliphatic rings. The molecule has 5 heteroatoms. The number of hydrogen-bond donors (Lipinski definition) is 1. The Kier molecular flexibility index (Phi) is 4.42. The molecule has 0 saturated carbocycles. The molecule has 0 spiro atoms.